The zero-order chi connectivity index (χ0) is 10.9. The molecular formula is C12H11NO2. The van der Waals surface area contributed by atoms with Crippen molar-refractivity contribution >= 4 is 5.97 Å². The van der Waals surface area contributed by atoms with Crippen LogP contribution in [0.4, 0.5) is 0 Å². The highest BCUT2D eigenvalue weighted by molar-refractivity contribution is 5.82. The van der Waals surface area contributed by atoms with E-state index in [0.717, 1.165) is 5.56 Å². The van der Waals surface area contributed by atoms with E-state index in [0.29, 0.717) is 6.61 Å². The SMILES string of the molecule is CCOC(=O)/C=C\C#Cc1cccnc1. The summed E-state index contributed by atoms with van der Waals surface area (Å²) in [4.78, 5) is 14.8. The first-order valence-electron chi connectivity index (χ1n) is 4.58. The zero-order valence-corrected chi connectivity index (χ0v) is 8.43. The van der Waals surface area contributed by atoms with Gasteiger partial charge in [-0.2, -0.15) is 0 Å². The first kappa shape index (κ1) is 11.0. The Balaban J connectivity index is 2.50. The second kappa shape index (κ2) is 6.39. The Morgan fingerprint density at radius 2 is 2.53 bits per heavy atom. The molecule has 15 heavy (non-hydrogen) atoms. The fraction of sp³-hybridized carbons (Fsp3) is 0.167. The topological polar surface area (TPSA) is 39.2 Å². The molecule has 0 aliphatic carbocycles. The summed E-state index contributed by atoms with van der Waals surface area (Å²) < 4.78 is 4.69. The molecule has 1 heterocycles. The molecule has 0 amide bonds. The predicted octanol–water partition coefficient (Wildman–Crippen LogP) is 1.55. The Hall–Kier alpha value is -2.08. The fourth-order valence-corrected chi connectivity index (χ4v) is 0.862. The van der Waals surface area contributed by atoms with Gasteiger partial charge in [0.15, 0.2) is 0 Å². The highest BCUT2D eigenvalue weighted by atomic mass is 16.5. The van der Waals surface area contributed by atoms with Gasteiger partial charge in [-0.05, 0) is 25.1 Å². The second-order valence-corrected chi connectivity index (χ2v) is 2.60. The highest BCUT2D eigenvalue weighted by Crippen LogP contribution is 1.91. The third-order valence-electron chi connectivity index (χ3n) is 1.47. The molecule has 0 aliphatic rings. The minimum atomic E-state index is -0.377. The van der Waals surface area contributed by atoms with Gasteiger partial charge in [0.1, 0.15) is 0 Å². The average molecular weight is 201 g/mol. The molecule has 1 rings (SSSR count). The van der Waals surface area contributed by atoms with Gasteiger partial charge < -0.3 is 4.74 Å². The van der Waals surface area contributed by atoms with Crippen molar-refractivity contribution < 1.29 is 9.53 Å². The summed E-state index contributed by atoms with van der Waals surface area (Å²) in [5.41, 5.74) is 0.811. The summed E-state index contributed by atoms with van der Waals surface area (Å²) in [5, 5.41) is 0. The van der Waals surface area contributed by atoms with E-state index in [1.807, 2.05) is 6.07 Å². The van der Waals surface area contributed by atoms with Crippen molar-refractivity contribution in [2.45, 2.75) is 6.92 Å². The van der Waals surface area contributed by atoms with E-state index in [2.05, 4.69) is 21.6 Å². The van der Waals surface area contributed by atoms with E-state index in [1.165, 1.54) is 12.2 Å². The molecule has 0 radical (unpaired) electrons. The quantitative estimate of drug-likeness (QED) is 0.414. The lowest BCUT2D eigenvalue weighted by Crippen LogP contribution is -1.98. The largest absolute Gasteiger partial charge is 0.463 e. The Morgan fingerprint density at radius 3 is 3.20 bits per heavy atom. The number of hydrogen-bond donors (Lipinski definition) is 0. The van der Waals surface area contributed by atoms with E-state index < -0.39 is 0 Å². The Morgan fingerprint density at radius 1 is 1.67 bits per heavy atom. The number of allylic oxidation sites excluding steroid dienone is 1. The summed E-state index contributed by atoms with van der Waals surface area (Å²) in [6.45, 7) is 2.13. The molecule has 1 aromatic rings. The molecule has 0 saturated carbocycles. The summed E-state index contributed by atoms with van der Waals surface area (Å²) in [5.74, 6) is 5.18. The molecule has 76 valence electrons. The molecule has 0 N–H and O–H groups in total. The van der Waals surface area contributed by atoms with Crippen LogP contribution >= 0.6 is 0 Å². The summed E-state index contributed by atoms with van der Waals surface area (Å²) >= 11 is 0. The van der Waals surface area contributed by atoms with Crippen LogP contribution in [0.5, 0.6) is 0 Å². The minimum Gasteiger partial charge on any atom is -0.463 e. The van der Waals surface area contributed by atoms with Crippen molar-refractivity contribution in [3.8, 4) is 11.8 Å². The average Bonchev–Trinajstić information content (AvgIpc) is 2.26. The Bertz CT molecular complexity index is 399. The van der Waals surface area contributed by atoms with Gasteiger partial charge in [-0.25, -0.2) is 4.79 Å². The molecule has 0 fully saturated rings. The molecule has 0 bridgehead atoms. The van der Waals surface area contributed by atoms with Crippen LogP contribution in [0.15, 0.2) is 36.7 Å². The number of carbonyl (C=O) groups excluding carboxylic acids is 1. The fourth-order valence-electron chi connectivity index (χ4n) is 0.862. The van der Waals surface area contributed by atoms with Crippen LogP contribution in [0.1, 0.15) is 12.5 Å². The van der Waals surface area contributed by atoms with Gasteiger partial charge in [-0.15, -0.1) is 0 Å². The number of carbonyl (C=O) groups is 1. The van der Waals surface area contributed by atoms with Crippen LogP contribution in [0.3, 0.4) is 0 Å². The first-order valence-corrected chi connectivity index (χ1v) is 4.58. The maximum atomic E-state index is 10.9. The van der Waals surface area contributed by atoms with Crippen molar-refractivity contribution in [2.24, 2.45) is 0 Å². The molecular weight excluding hydrogens is 190 g/mol. The van der Waals surface area contributed by atoms with Gasteiger partial charge in [0.25, 0.3) is 0 Å². The number of nitrogens with zero attached hydrogens (tertiary/aromatic N) is 1. The number of ether oxygens (including phenoxy) is 1. The van der Waals surface area contributed by atoms with Crippen LogP contribution in [0.25, 0.3) is 0 Å². The third-order valence-corrected chi connectivity index (χ3v) is 1.47. The van der Waals surface area contributed by atoms with Crippen LogP contribution in [0.2, 0.25) is 0 Å². The maximum absolute atomic E-state index is 10.9. The van der Waals surface area contributed by atoms with Gasteiger partial charge in [-0.3, -0.25) is 4.98 Å². The first-order chi connectivity index (χ1) is 7.33. The molecule has 0 atom stereocenters. The van der Waals surface area contributed by atoms with Crippen molar-refractivity contribution in [2.75, 3.05) is 6.61 Å². The van der Waals surface area contributed by atoms with Gasteiger partial charge in [0, 0.05) is 24.0 Å². The normalized spacial score (nSPS) is 9.40. The van der Waals surface area contributed by atoms with Crippen molar-refractivity contribution in [3.05, 3.63) is 42.2 Å². The van der Waals surface area contributed by atoms with Crippen molar-refractivity contribution in [3.63, 3.8) is 0 Å². The van der Waals surface area contributed by atoms with Gasteiger partial charge in [-0.1, -0.05) is 11.8 Å². The smallest absolute Gasteiger partial charge is 0.331 e. The minimum absolute atomic E-state index is 0.374. The van der Waals surface area contributed by atoms with Crippen LogP contribution < -0.4 is 0 Å². The summed E-state index contributed by atoms with van der Waals surface area (Å²) in [6, 6.07) is 3.65. The third kappa shape index (κ3) is 4.63. The van der Waals surface area contributed by atoms with Crippen LogP contribution in [0, 0.1) is 11.8 Å². The Kier molecular flexibility index (Phi) is 4.68. The lowest BCUT2D eigenvalue weighted by atomic mass is 10.3. The molecule has 0 unspecified atom stereocenters. The van der Waals surface area contributed by atoms with E-state index in [9.17, 15) is 4.79 Å². The van der Waals surface area contributed by atoms with Gasteiger partial charge in [0.05, 0.1) is 6.61 Å². The number of rotatable bonds is 2. The summed E-state index contributed by atoms with van der Waals surface area (Å²) in [6.07, 6.45) is 6.10. The number of esters is 1. The van der Waals surface area contributed by atoms with Crippen LogP contribution in [-0.2, 0) is 9.53 Å². The molecule has 0 aliphatic heterocycles. The number of aromatic nitrogens is 1. The van der Waals surface area contributed by atoms with E-state index in [1.54, 1.807) is 25.4 Å². The molecule has 0 spiro atoms. The van der Waals surface area contributed by atoms with Gasteiger partial charge >= 0.3 is 5.97 Å². The van der Waals surface area contributed by atoms with Crippen molar-refractivity contribution in [1.82, 2.24) is 4.98 Å². The number of pyridine rings is 1. The molecule has 0 saturated heterocycles. The lowest BCUT2D eigenvalue weighted by molar-refractivity contribution is -0.137. The molecule has 1 aromatic heterocycles. The van der Waals surface area contributed by atoms with E-state index in [4.69, 9.17) is 0 Å². The standard InChI is InChI=1S/C12H11NO2/c1-2-15-12(14)8-4-3-6-11-7-5-9-13-10-11/h4-5,7-10H,2H2,1H3/b8-4-. The molecule has 0 aromatic carbocycles. The molecule has 3 heteroatoms. The van der Waals surface area contributed by atoms with Gasteiger partial charge in [0.2, 0.25) is 0 Å². The Labute approximate surface area is 88.8 Å². The van der Waals surface area contributed by atoms with E-state index >= 15 is 0 Å². The maximum Gasteiger partial charge on any atom is 0.331 e. The predicted molar refractivity (Wildman–Crippen MR) is 56.9 cm³/mol. The van der Waals surface area contributed by atoms with Crippen molar-refractivity contribution in [1.29, 1.82) is 0 Å². The highest BCUT2D eigenvalue weighted by Gasteiger charge is 1.90. The van der Waals surface area contributed by atoms with E-state index in [-0.39, 0.29) is 5.97 Å². The van der Waals surface area contributed by atoms with Crippen LogP contribution in [-0.4, -0.2) is 17.6 Å². The zero-order valence-electron chi connectivity index (χ0n) is 8.43. The number of hydrogen-bond acceptors (Lipinski definition) is 3. The monoisotopic (exact) mass is 201 g/mol. The second-order valence-electron chi connectivity index (χ2n) is 2.60. The lowest BCUT2D eigenvalue weighted by Gasteiger charge is -1.91. The summed E-state index contributed by atoms with van der Waals surface area (Å²) in [7, 11) is 0. The molecule has 3 nitrogen and oxygen atoms in total.